The summed E-state index contributed by atoms with van der Waals surface area (Å²) < 4.78 is 0. The molecule has 1 saturated heterocycles. The molecule has 14 heavy (non-hydrogen) atoms. The summed E-state index contributed by atoms with van der Waals surface area (Å²) in [6.45, 7) is 6.18. The van der Waals surface area contributed by atoms with E-state index in [-0.39, 0.29) is 6.04 Å². The summed E-state index contributed by atoms with van der Waals surface area (Å²) in [7, 11) is 0. The van der Waals surface area contributed by atoms with E-state index < -0.39 is 0 Å². The number of nitrogens with one attached hydrogen (secondary N) is 1. The zero-order chi connectivity index (χ0) is 10.2. The van der Waals surface area contributed by atoms with Gasteiger partial charge in [0.15, 0.2) is 0 Å². The van der Waals surface area contributed by atoms with Crippen molar-refractivity contribution in [2.75, 3.05) is 26.2 Å². The maximum Gasteiger partial charge on any atom is 0.217 e. The Bertz CT molecular complexity index is 155. The molecule has 0 aromatic heterocycles. The summed E-state index contributed by atoms with van der Waals surface area (Å²) in [6.07, 6.45) is 6.76. The highest BCUT2D eigenvalue weighted by Gasteiger charge is 2.19. The largest absolute Gasteiger partial charge is 0.314 e. The Labute approximate surface area is 86.9 Å². The van der Waals surface area contributed by atoms with Gasteiger partial charge in [0.05, 0.1) is 6.04 Å². The molecule has 1 rings (SSSR count). The highest BCUT2D eigenvalue weighted by atomic mass is 16.1. The van der Waals surface area contributed by atoms with Gasteiger partial charge in [-0.3, -0.25) is 9.69 Å². The van der Waals surface area contributed by atoms with Gasteiger partial charge in [-0.05, 0) is 6.42 Å². The highest BCUT2D eigenvalue weighted by Crippen LogP contribution is 2.09. The second-order valence-corrected chi connectivity index (χ2v) is 3.92. The van der Waals surface area contributed by atoms with Crippen molar-refractivity contribution in [1.82, 2.24) is 10.2 Å². The second-order valence-electron chi connectivity index (χ2n) is 3.92. The first-order valence-electron chi connectivity index (χ1n) is 5.71. The van der Waals surface area contributed by atoms with Crippen LogP contribution in [0, 0.1) is 0 Å². The molecule has 0 aliphatic carbocycles. The maximum atomic E-state index is 10.8. The number of nitrogens with zero attached hydrogens (tertiary/aromatic N) is 1. The Hall–Kier alpha value is -0.410. The average Bonchev–Trinajstić information content (AvgIpc) is 2.26. The quantitative estimate of drug-likeness (QED) is 0.643. The second kappa shape index (κ2) is 6.96. The molecule has 1 heterocycles. The molecule has 1 N–H and O–H groups in total. The molecule has 1 aliphatic heterocycles. The van der Waals surface area contributed by atoms with Crippen LogP contribution in [0.3, 0.4) is 0 Å². The van der Waals surface area contributed by atoms with Gasteiger partial charge in [-0.2, -0.15) is 0 Å². The van der Waals surface area contributed by atoms with E-state index in [4.69, 9.17) is 0 Å². The van der Waals surface area contributed by atoms with Crippen LogP contribution in [-0.2, 0) is 4.79 Å². The predicted molar refractivity (Wildman–Crippen MR) is 58.1 cm³/mol. The molecule has 0 bridgehead atoms. The lowest BCUT2D eigenvalue weighted by molar-refractivity contribution is 0.199. The molecular weight excluding hydrogens is 176 g/mol. The molecule has 3 nitrogen and oxygen atoms in total. The molecule has 0 aromatic carbocycles. The van der Waals surface area contributed by atoms with Gasteiger partial charge < -0.3 is 5.32 Å². The van der Waals surface area contributed by atoms with E-state index in [0.717, 1.165) is 39.0 Å². The lowest BCUT2D eigenvalue weighted by atomic mass is 10.1. The molecule has 1 atom stereocenters. The molecule has 0 saturated carbocycles. The third-order valence-corrected chi connectivity index (χ3v) is 2.81. The summed E-state index contributed by atoms with van der Waals surface area (Å²) in [4.78, 5) is 13.1. The van der Waals surface area contributed by atoms with Gasteiger partial charge in [-0.15, -0.1) is 0 Å². The van der Waals surface area contributed by atoms with Gasteiger partial charge >= 0.3 is 0 Å². The Balaban J connectivity index is 2.24. The smallest absolute Gasteiger partial charge is 0.217 e. The van der Waals surface area contributed by atoms with Crippen LogP contribution in [-0.4, -0.2) is 43.4 Å². The minimum atomic E-state index is 0.0450. The van der Waals surface area contributed by atoms with Crippen molar-refractivity contribution in [3.05, 3.63) is 0 Å². The van der Waals surface area contributed by atoms with Crippen molar-refractivity contribution >= 4 is 6.29 Å². The number of hydrogen-bond donors (Lipinski definition) is 1. The van der Waals surface area contributed by atoms with Crippen molar-refractivity contribution in [2.45, 2.75) is 38.6 Å². The van der Waals surface area contributed by atoms with E-state index in [1.807, 2.05) is 0 Å². The average molecular weight is 197 g/mol. The molecule has 3 heteroatoms. The summed E-state index contributed by atoms with van der Waals surface area (Å²) in [5.41, 5.74) is 0. The van der Waals surface area contributed by atoms with Crippen molar-refractivity contribution in [2.24, 2.45) is 0 Å². The normalized spacial score (nSPS) is 20.6. The van der Waals surface area contributed by atoms with Crippen molar-refractivity contribution in [1.29, 1.82) is 0 Å². The van der Waals surface area contributed by atoms with Crippen LogP contribution in [0.4, 0.5) is 0 Å². The molecule has 0 amide bonds. The van der Waals surface area contributed by atoms with Crippen molar-refractivity contribution < 1.29 is 4.79 Å². The van der Waals surface area contributed by atoms with Gasteiger partial charge in [0.2, 0.25) is 6.29 Å². The summed E-state index contributed by atoms with van der Waals surface area (Å²) in [6, 6.07) is 0.0450. The van der Waals surface area contributed by atoms with Crippen LogP contribution in [0.1, 0.15) is 32.6 Å². The van der Waals surface area contributed by atoms with E-state index in [1.165, 1.54) is 12.8 Å². The van der Waals surface area contributed by atoms with Crippen LogP contribution in [0.5, 0.6) is 0 Å². The molecule has 1 unspecified atom stereocenters. The molecule has 0 spiro atoms. The first kappa shape index (κ1) is 11.7. The maximum absolute atomic E-state index is 10.8. The van der Waals surface area contributed by atoms with Gasteiger partial charge in [0.25, 0.3) is 0 Å². The van der Waals surface area contributed by atoms with Gasteiger partial charge in [0.1, 0.15) is 0 Å². The van der Waals surface area contributed by atoms with Crippen LogP contribution >= 0.6 is 0 Å². The fraction of sp³-hybridized carbons (Fsp3) is 0.909. The summed E-state index contributed by atoms with van der Waals surface area (Å²) in [5.74, 6) is 0. The van der Waals surface area contributed by atoms with E-state index >= 15 is 0 Å². The topological polar surface area (TPSA) is 32.3 Å². The highest BCUT2D eigenvalue weighted by molar-refractivity contribution is 5.58. The number of rotatable bonds is 6. The molecule has 1 aliphatic rings. The van der Waals surface area contributed by atoms with E-state index in [1.54, 1.807) is 0 Å². The molecule has 1 radical (unpaired) electrons. The van der Waals surface area contributed by atoms with E-state index in [9.17, 15) is 4.79 Å². The van der Waals surface area contributed by atoms with Gasteiger partial charge in [-0.25, -0.2) is 0 Å². The van der Waals surface area contributed by atoms with Crippen LogP contribution in [0.25, 0.3) is 0 Å². The molecule has 1 fully saturated rings. The number of piperazine rings is 1. The Kier molecular flexibility index (Phi) is 5.80. The predicted octanol–water partition coefficient (Wildman–Crippen LogP) is 0.950. The Morgan fingerprint density at radius 1 is 1.36 bits per heavy atom. The Morgan fingerprint density at radius 2 is 2.07 bits per heavy atom. The van der Waals surface area contributed by atoms with Crippen LogP contribution < -0.4 is 5.32 Å². The first-order valence-corrected chi connectivity index (χ1v) is 5.71. The van der Waals surface area contributed by atoms with Crippen molar-refractivity contribution in [3.8, 4) is 0 Å². The number of hydrogen-bond acceptors (Lipinski definition) is 3. The van der Waals surface area contributed by atoms with Gasteiger partial charge in [0, 0.05) is 26.2 Å². The molecule has 0 aromatic rings. The Morgan fingerprint density at radius 3 is 2.64 bits per heavy atom. The van der Waals surface area contributed by atoms with Crippen LogP contribution in [0.2, 0.25) is 0 Å². The van der Waals surface area contributed by atoms with Crippen molar-refractivity contribution in [3.63, 3.8) is 0 Å². The third kappa shape index (κ3) is 3.76. The lowest BCUT2D eigenvalue weighted by Gasteiger charge is -2.31. The SMILES string of the molecule is CCCCCC([C]=O)N1CCNCC1. The standard InChI is InChI=1S/C11H21N2O/c1-2-3-4-5-11(10-14)13-8-6-12-7-9-13/h11-12H,2-9H2,1H3. The zero-order valence-electron chi connectivity index (χ0n) is 9.09. The minimum Gasteiger partial charge on any atom is -0.314 e. The fourth-order valence-electron chi connectivity index (χ4n) is 1.90. The van der Waals surface area contributed by atoms with E-state index in [2.05, 4.69) is 23.4 Å². The first-order chi connectivity index (χ1) is 6.88. The zero-order valence-corrected chi connectivity index (χ0v) is 9.09. The van der Waals surface area contributed by atoms with Gasteiger partial charge in [-0.1, -0.05) is 26.2 Å². The number of carbonyl (C=O) groups excluding carboxylic acids is 1. The summed E-state index contributed by atoms with van der Waals surface area (Å²) >= 11 is 0. The fourth-order valence-corrected chi connectivity index (χ4v) is 1.90. The monoisotopic (exact) mass is 197 g/mol. The van der Waals surface area contributed by atoms with E-state index in [0.29, 0.717) is 0 Å². The lowest BCUT2D eigenvalue weighted by Crippen LogP contribution is -2.49. The molecule has 81 valence electrons. The summed E-state index contributed by atoms with van der Waals surface area (Å²) in [5, 5.41) is 3.29. The van der Waals surface area contributed by atoms with Crippen LogP contribution in [0.15, 0.2) is 0 Å². The third-order valence-electron chi connectivity index (χ3n) is 2.81. The minimum absolute atomic E-state index is 0.0450. The molecular formula is C11H21N2O. The number of unbranched alkanes of at least 4 members (excludes halogenated alkanes) is 2.